The van der Waals surface area contributed by atoms with E-state index in [1.165, 1.54) is 21.0 Å². The second kappa shape index (κ2) is 6.46. The standard InChI is InChI=1S/C18H16N4O2S2/c25-18-22(20-16(24-18)14-7-4-10-23-14)11-21-9-3-6-13(21)17-19-12-5-1-2-8-15(12)26-17/h1-2,4-5,7-8,10,13H,3,6,9,11H2/p+1/t13-/m1/s1. The summed E-state index contributed by atoms with van der Waals surface area (Å²) in [7, 11) is 0. The Morgan fingerprint density at radius 2 is 2.19 bits per heavy atom. The maximum Gasteiger partial charge on any atom is 0.292 e. The number of aromatic nitrogens is 3. The number of nitrogens with one attached hydrogen (secondary N) is 1. The Balaban J connectivity index is 1.42. The topological polar surface area (TPSA) is 61.4 Å². The van der Waals surface area contributed by atoms with Crippen molar-refractivity contribution in [2.24, 2.45) is 0 Å². The molecule has 4 heterocycles. The average molecular weight is 385 g/mol. The first-order chi connectivity index (χ1) is 12.8. The van der Waals surface area contributed by atoms with Crippen molar-refractivity contribution in [1.29, 1.82) is 0 Å². The molecule has 8 heteroatoms. The summed E-state index contributed by atoms with van der Waals surface area (Å²) in [6, 6.07) is 12.3. The number of benzene rings is 1. The molecule has 0 bridgehead atoms. The molecular weight excluding hydrogens is 368 g/mol. The lowest BCUT2D eigenvalue weighted by Crippen LogP contribution is -3.09. The second-order valence-electron chi connectivity index (χ2n) is 6.43. The lowest BCUT2D eigenvalue weighted by Gasteiger charge is -2.18. The van der Waals surface area contributed by atoms with Crippen molar-refractivity contribution in [2.45, 2.75) is 25.6 Å². The van der Waals surface area contributed by atoms with Gasteiger partial charge < -0.3 is 13.7 Å². The third kappa shape index (κ3) is 2.80. The molecule has 1 fully saturated rings. The van der Waals surface area contributed by atoms with Crippen LogP contribution in [0.4, 0.5) is 0 Å². The van der Waals surface area contributed by atoms with Crippen molar-refractivity contribution in [2.75, 3.05) is 6.54 Å². The van der Waals surface area contributed by atoms with Crippen LogP contribution in [0.25, 0.3) is 21.9 Å². The van der Waals surface area contributed by atoms with E-state index in [1.807, 2.05) is 18.2 Å². The Bertz CT molecular complexity index is 1060. The molecule has 6 nitrogen and oxygen atoms in total. The van der Waals surface area contributed by atoms with Crippen LogP contribution in [0.15, 0.2) is 51.5 Å². The summed E-state index contributed by atoms with van der Waals surface area (Å²) < 4.78 is 14.0. The van der Waals surface area contributed by atoms with Gasteiger partial charge in [-0.2, -0.15) is 4.68 Å². The Morgan fingerprint density at radius 3 is 3.04 bits per heavy atom. The Kier molecular flexibility index (Phi) is 3.96. The Hall–Kier alpha value is -2.29. The number of rotatable bonds is 4. The molecular formula is C18H17N4O2S2+. The van der Waals surface area contributed by atoms with Gasteiger partial charge in [-0.1, -0.05) is 12.1 Å². The number of quaternary nitrogens is 1. The Morgan fingerprint density at radius 1 is 1.27 bits per heavy atom. The largest absolute Gasteiger partial charge is 0.459 e. The molecule has 1 aliphatic rings. The van der Waals surface area contributed by atoms with Crippen molar-refractivity contribution in [3.8, 4) is 11.7 Å². The zero-order chi connectivity index (χ0) is 17.5. The van der Waals surface area contributed by atoms with Crippen LogP contribution in [0.2, 0.25) is 0 Å². The lowest BCUT2D eigenvalue weighted by atomic mass is 10.2. The SMILES string of the molecule is S=c1oc(-c2ccco2)nn1C[NH+]1CCC[C@@H]1c1nc2ccccc2s1. The van der Waals surface area contributed by atoms with Crippen LogP contribution in [0.5, 0.6) is 0 Å². The minimum absolute atomic E-state index is 0.373. The van der Waals surface area contributed by atoms with E-state index in [9.17, 15) is 0 Å². The number of furan rings is 1. The van der Waals surface area contributed by atoms with Gasteiger partial charge in [0.25, 0.3) is 10.7 Å². The van der Waals surface area contributed by atoms with E-state index in [0.717, 1.165) is 18.5 Å². The Labute approximate surface area is 158 Å². The van der Waals surface area contributed by atoms with Gasteiger partial charge in [-0.15, -0.1) is 16.4 Å². The number of hydrogen-bond donors (Lipinski definition) is 1. The first kappa shape index (κ1) is 15.9. The minimum Gasteiger partial charge on any atom is -0.459 e. The highest BCUT2D eigenvalue weighted by atomic mass is 32.1. The molecule has 0 radical (unpaired) electrons. The second-order valence-corrected chi connectivity index (χ2v) is 7.84. The molecule has 1 aliphatic heterocycles. The summed E-state index contributed by atoms with van der Waals surface area (Å²) in [6.07, 6.45) is 3.90. The zero-order valence-electron chi connectivity index (χ0n) is 13.9. The van der Waals surface area contributed by atoms with Crippen LogP contribution >= 0.6 is 23.6 Å². The van der Waals surface area contributed by atoms with Gasteiger partial charge in [0.05, 0.1) is 23.0 Å². The molecule has 3 aromatic heterocycles. The molecule has 132 valence electrons. The molecule has 0 saturated carbocycles. The van der Waals surface area contributed by atoms with E-state index in [0.29, 0.717) is 29.2 Å². The number of hydrogen-bond acceptors (Lipinski definition) is 6. The fraction of sp³-hybridized carbons (Fsp3) is 0.278. The van der Waals surface area contributed by atoms with Crippen molar-refractivity contribution in [3.05, 3.63) is 52.5 Å². The lowest BCUT2D eigenvalue weighted by molar-refractivity contribution is -0.941. The molecule has 1 saturated heterocycles. The van der Waals surface area contributed by atoms with Gasteiger partial charge in [0, 0.05) is 12.8 Å². The molecule has 1 aromatic carbocycles. The molecule has 4 aromatic rings. The van der Waals surface area contributed by atoms with Crippen LogP contribution in [-0.2, 0) is 6.67 Å². The highest BCUT2D eigenvalue weighted by molar-refractivity contribution is 7.71. The van der Waals surface area contributed by atoms with Crippen LogP contribution in [0.3, 0.4) is 0 Å². The number of fused-ring (bicyclic) bond motifs is 1. The predicted octanol–water partition coefficient (Wildman–Crippen LogP) is 3.45. The van der Waals surface area contributed by atoms with E-state index < -0.39 is 0 Å². The predicted molar refractivity (Wildman–Crippen MR) is 100 cm³/mol. The van der Waals surface area contributed by atoms with Gasteiger partial charge in [0.1, 0.15) is 6.04 Å². The number of thiazole rings is 1. The summed E-state index contributed by atoms with van der Waals surface area (Å²) in [5.74, 6) is 1.02. The number of para-hydroxylation sites is 1. The van der Waals surface area contributed by atoms with E-state index in [-0.39, 0.29) is 0 Å². The third-order valence-corrected chi connectivity index (χ3v) is 6.23. The number of nitrogens with zero attached hydrogens (tertiary/aromatic N) is 3. The van der Waals surface area contributed by atoms with Crippen LogP contribution in [0.1, 0.15) is 23.9 Å². The highest BCUT2D eigenvalue weighted by Crippen LogP contribution is 2.28. The smallest absolute Gasteiger partial charge is 0.292 e. The molecule has 1 N–H and O–H groups in total. The van der Waals surface area contributed by atoms with Gasteiger partial charge in [-0.3, -0.25) is 0 Å². The van der Waals surface area contributed by atoms with E-state index in [4.69, 9.17) is 26.0 Å². The van der Waals surface area contributed by atoms with Crippen LogP contribution < -0.4 is 4.90 Å². The molecule has 1 unspecified atom stereocenters. The fourth-order valence-corrected chi connectivity index (χ4v) is 4.88. The third-order valence-electron chi connectivity index (χ3n) is 4.78. The molecule has 0 amide bonds. The number of likely N-dealkylation sites (tertiary alicyclic amines) is 1. The minimum atomic E-state index is 0.373. The van der Waals surface area contributed by atoms with Crippen LogP contribution in [-0.4, -0.2) is 21.3 Å². The first-order valence-electron chi connectivity index (χ1n) is 8.60. The average Bonchev–Trinajstić information content (AvgIpc) is 3.42. The highest BCUT2D eigenvalue weighted by Gasteiger charge is 2.33. The quantitative estimate of drug-likeness (QED) is 0.545. The molecule has 5 rings (SSSR count). The maximum absolute atomic E-state index is 5.60. The first-order valence-corrected chi connectivity index (χ1v) is 9.82. The molecule has 0 aliphatic carbocycles. The van der Waals surface area contributed by atoms with E-state index in [2.05, 4.69) is 23.3 Å². The van der Waals surface area contributed by atoms with Crippen LogP contribution in [0, 0.1) is 4.84 Å². The summed E-state index contributed by atoms with van der Waals surface area (Å²) in [6.45, 7) is 1.74. The van der Waals surface area contributed by atoms with Crippen molar-refractivity contribution < 1.29 is 13.7 Å². The van der Waals surface area contributed by atoms with Gasteiger partial charge in [0.15, 0.2) is 17.4 Å². The van der Waals surface area contributed by atoms with Gasteiger partial charge in [-0.25, -0.2) is 4.98 Å². The molecule has 2 atom stereocenters. The van der Waals surface area contributed by atoms with Gasteiger partial charge >= 0.3 is 0 Å². The van der Waals surface area contributed by atoms with E-state index >= 15 is 0 Å². The van der Waals surface area contributed by atoms with Gasteiger partial charge in [-0.05, 0) is 36.5 Å². The summed E-state index contributed by atoms with van der Waals surface area (Å²) in [4.78, 5) is 6.65. The maximum atomic E-state index is 5.60. The van der Waals surface area contributed by atoms with Crippen molar-refractivity contribution in [1.82, 2.24) is 14.8 Å². The zero-order valence-corrected chi connectivity index (χ0v) is 15.6. The van der Waals surface area contributed by atoms with E-state index in [1.54, 1.807) is 22.3 Å². The fourth-order valence-electron chi connectivity index (χ4n) is 3.54. The summed E-state index contributed by atoms with van der Waals surface area (Å²) in [5, 5.41) is 5.70. The molecule has 0 spiro atoms. The normalized spacial score (nSPS) is 20.2. The summed E-state index contributed by atoms with van der Waals surface area (Å²) >= 11 is 7.15. The van der Waals surface area contributed by atoms with Crippen molar-refractivity contribution in [3.63, 3.8) is 0 Å². The van der Waals surface area contributed by atoms with Crippen molar-refractivity contribution >= 4 is 33.8 Å². The summed E-state index contributed by atoms with van der Waals surface area (Å²) in [5.41, 5.74) is 1.08. The van der Waals surface area contributed by atoms with Gasteiger partial charge in [0.2, 0.25) is 0 Å². The molecule has 26 heavy (non-hydrogen) atoms. The monoisotopic (exact) mass is 385 g/mol.